The zero-order valence-corrected chi connectivity index (χ0v) is 20.0. The van der Waals surface area contributed by atoms with E-state index in [0.717, 1.165) is 62.6 Å². The van der Waals surface area contributed by atoms with Gasteiger partial charge >= 0.3 is 0 Å². The summed E-state index contributed by atoms with van der Waals surface area (Å²) in [6.45, 7) is 11.1. The lowest BCUT2D eigenvalue weighted by Crippen LogP contribution is -2.50. The second-order valence-electron chi connectivity index (χ2n) is 8.99. The van der Waals surface area contributed by atoms with Gasteiger partial charge in [-0.25, -0.2) is 0 Å². The van der Waals surface area contributed by atoms with E-state index in [2.05, 4.69) is 46.5 Å². The van der Waals surface area contributed by atoms with Gasteiger partial charge in [0.2, 0.25) is 5.91 Å². The first kappa shape index (κ1) is 23.1. The van der Waals surface area contributed by atoms with Gasteiger partial charge in [-0.3, -0.25) is 9.69 Å². The van der Waals surface area contributed by atoms with E-state index in [1.807, 2.05) is 29.5 Å². The molecule has 0 spiro atoms. The number of carbonyl (C=O) groups excluding carboxylic acids is 1. The van der Waals surface area contributed by atoms with E-state index in [9.17, 15) is 4.79 Å². The minimum Gasteiger partial charge on any atom is -0.490 e. The topological polar surface area (TPSA) is 54.0 Å². The Labute approximate surface area is 195 Å². The Kier molecular flexibility index (Phi) is 8.05. The lowest BCUT2D eigenvalue weighted by atomic mass is 9.95. The number of benzene rings is 1. The quantitative estimate of drug-likeness (QED) is 0.657. The molecule has 2 aliphatic heterocycles. The van der Waals surface area contributed by atoms with Crippen molar-refractivity contribution in [3.63, 3.8) is 0 Å². The van der Waals surface area contributed by atoms with Crippen LogP contribution in [0.2, 0.25) is 0 Å². The molecule has 1 amide bonds. The van der Waals surface area contributed by atoms with Crippen molar-refractivity contribution in [2.45, 2.75) is 32.7 Å². The van der Waals surface area contributed by atoms with Crippen molar-refractivity contribution in [2.24, 2.45) is 5.92 Å². The molecular formula is C25H35N3O3S. The summed E-state index contributed by atoms with van der Waals surface area (Å²) in [5.74, 6) is 1.93. The SMILES string of the molecule is CC(C)C(NC(=O)CN1CCN(CCc2cccs2)CC1)c1ccc2c(c1)OCCCO2. The largest absolute Gasteiger partial charge is 0.490 e. The van der Waals surface area contributed by atoms with Crippen LogP contribution in [-0.2, 0) is 11.2 Å². The first-order chi connectivity index (χ1) is 15.6. The number of piperazine rings is 1. The predicted octanol–water partition coefficient (Wildman–Crippen LogP) is 3.58. The molecule has 7 heteroatoms. The Morgan fingerprint density at radius 3 is 2.53 bits per heavy atom. The molecule has 0 radical (unpaired) electrons. The maximum absolute atomic E-state index is 12.9. The second kappa shape index (κ2) is 11.2. The molecule has 0 aliphatic carbocycles. The van der Waals surface area contributed by atoms with Crippen LogP contribution in [0.3, 0.4) is 0 Å². The van der Waals surface area contributed by atoms with Crippen LogP contribution in [0, 0.1) is 5.92 Å². The lowest BCUT2D eigenvalue weighted by molar-refractivity contribution is -0.123. The molecule has 1 fully saturated rings. The van der Waals surface area contributed by atoms with E-state index in [1.165, 1.54) is 4.88 Å². The third-order valence-corrected chi connectivity index (χ3v) is 7.14. The zero-order chi connectivity index (χ0) is 22.3. The average molecular weight is 458 g/mol. The fourth-order valence-corrected chi connectivity index (χ4v) is 5.02. The normalized spacial score (nSPS) is 18.3. The minimum absolute atomic E-state index is 0.0493. The molecule has 0 bridgehead atoms. The molecule has 2 aliphatic rings. The van der Waals surface area contributed by atoms with Gasteiger partial charge in [-0.1, -0.05) is 26.0 Å². The summed E-state index contributed by atoms with van der Waals surface area (Å²) >= 11 is 1.83. The van der Waals surface area contributed by atoms with Crippen LogP contribution in [0.15, 0.2) is 35.7 Å². The number of rotatable bonds is 8. The van der Waals surface area contributed by atoms with Gasteiger partial charge in [0.25, 0.3) is 0 Å². The number of amides is 1. The van der Waals surface area contributed by atoms with Gasteiger partial charge < -0.3 is 19.7 Å². The molecule has 1 atom stereocenters. The molecule has 1 aromatic carbocycles. The summed E-state index contributed by atoms with van der Waals surface area (Å²) in [6.07, 6.45) is 2.00. The van der Waals surface area contributed by atoms with Gasteiger partial charge in [-0.2, -0.15) is 0 Å². The van der Waals surface area contributed by atoms with Crippen molar-refractivity contribution < 1.29 is 14.3 Å². The van der Waals surface area contributed by atoms with Crippen LogP contribution in [-0.4, -0.2) is 68.2 Å². The highest BCUT2D eigenvalue weighted by Gasteiger charge is 2.24. The van der Waals surface area contributed by atoms with Crippen LogP contribution in [0.25, 0.3) is 0 Å². The van der Waals surface area contributed by atoms with E-state index in [1.54, 1.807) is 0 Å². The van der Waals surface area contributed by atoms with E-state index >= 15 is 0 Å². The van der Waals surface area contributed by atoms with E-state index in [4.69, 9.17) is 9.47 Å². The highest BCUT2D eigenvalue weighted by Crippen LogP contribution is 2.34. The number of carbonyl (C=O) groups is 1. The van der Waals surface area contributed by atoms with Crippen LogP contribution in [0.1, 0.15) is 36.8 Å². The van der Waals surface area contributed by atoms with E-state index in [0.29, 0.717) is 19.8 Å². The number of nitrogens with one attached hydrogen (secondary N) is 1. The van der Waals surface area contributed by atoms with Gasteiger partial charge in [0.05, 0.1) is 25.8 Å². The van der Waals surface area contributed by atoms with Gasteiger partial charge in [0.15, 0.2) is 11.5 Å². The molecule has 6 nitrogen and oxygen atoms in total. The fraction of sp³-hybridized carbons (Fsp3) is 0.560. The third kappa shape index (κ3) is 6.24. The highest BCUT2D eigenvalue weighted by molar-refractivity contribution is 7.09. The lowest BCUT2D eigenvalue weighted by Gasteiger charge is -2.34. The van der Waals surface area contributed by atoms with Gasteiger partial charge in [0.1, 0.15) is 0 Å². The number of nitrogens with zero attached hydrogens (tertiary/aromatic N) is 2. The Balaban J connectivity index is 1.27. The smallest absolute Gasteiger partial charge is 0.234 e. The predicted molar refractivity (Wildman–Crippen MR) is 129 cm³/mol. The summed E-state index contributed by atoms with van der Waals surface area (Å²) < 4.78 is 11.6. The molecule has 0 saturated carbocycles. The van der Waals surface area contributed by atoms with Crippen molar-refractivity contribution in [3.8, 4) is 11.5 Å². The highest BCUT2D eigenvalue weighted by atomic mass is 32.1. The van der Waals surface area contributed by atoms with Gasteiger partial charge in [0, 0.05) is 44.0 Å². The molecular weight excluding hydrogens is 422 g/mol. The standard InChI is InChI=1S/C25H35N3O3S/c1-19(2)25(20-6-7-22-23(17-20)31-15-4-14-30-22)26-24(29)18-28-12-10-27(11-13-28)9-8-21-5-3-16-32-21/h3,5-7,16-17,19,25H,4,8-15,18H2,1-2H3,(H,26,29). The fourth-order valence-electron chi connectivity index (χ4n) is 4.32. The Hall–Kier alpha value is -2.09. The second-order valence-corrected chi connectivity index (χ2v) is 10.0. The zero-order valence-electron chi connectivity index (χ0n) is 19.2. The summed E-state index contributed by atoms with van der Waals surface area (Å²) in [7, 11) is 0. The number of hydrogen-bond donors (Lipinski definition) is 1. The molecule has 32 heavy (non-hydrogen) atoms. The first-order valence-corrected chi connectivity index (χ1v) is 12.6. The molecule has 4 rings (SSSR count). The molecule has 1 saturated heterocycles. The number of ether oxygens (including phenoxy) is 2. The van der Waals surface area contributed by atoms with E-state index in [-0.39, 0.29) is 17.9 Å². The summed E-state index contributed by atoms with van der Waals surface area (Å²) in [6, 6.07) is 10.3. The van der Waals surface area contributed by atoms with E-state index < -0.39 is 0 Å². The number of hydrogen-bond acceptors (Lipinski definition) is 6. The molecule has 1 N–H and O–H groups in total. The molecule has 3 heterocycles. The van der Waals surface area contributed by atoms with Gasteiger partial charge in [-0.15, -0.1) is 11.3 Å². The van der Waals surface area contributed by atoms with Crippen molar-refractivity contribution in [2.75, 3.05) is 52.5 Å². The van der Waals surface area contributed by atoms with Crippen molar-refractivity contribution in [1.29, 1.82) is 0 Å². The van der Waals surface area contributed by atoms with Gasteiger partial charge in [-0.05, 0) is 41.5 Å². The molecule has 1 aromatic heterocycles. The number of thiophene rings is 1. The molecule has 174 valence electrons. The summed E-state index contributed by atoms with van der Waals surface area (Å²) in [5, 5.41) is 5.41. The van der Waals surface area contributed by atoms with Crippen molar-refractivity contribution >= 4 is 17.2 Å². The maximum atomic E-state index is 12.9. The Morgan fingerprint density at radius 2 is 1.81 bits per heavy atom. The monoisotopic (exact) mass is 457 g/mol. The Morgan fingerprint density at radius 1 is 1.06 bits per heavy atom. The molecule has 2 aromatic rings. The average Bonchev–Trinajstić information content (AvgIpc) is 3.20. The number of fused-ring (bicyclic) bond motifs is 1. The van der Waals surface area contributed by atoms with Crippen molar-refractivity contribution in [1.82, 2.24) is 15.1 Å². The van der Waals surface area contributed by atoms with Crippen LogP contribution >= 0.6 is 11.3 Å². The van der Waals surface area contributed by atoms with Crippen LogP contribution < -0.4 is 14.8 Å². The van der Waals surface area contributed by atoms with Crippen LogP contribution in [0.5, 0.6) is 11.5 Å². The summed E-state index contributed by atoms with van der Waals surface area (Å²) in [4.78, 5) is 19.1. The van der Waals surface area contributed by atoms with Crippen LogP contribution in [0.4, 0.5) is 0 Å². The first-order valence-electron chi connectivity index (χ1n) is 11.7. The minimum atomic E-state index is -0.0493. The molecule has 1 unspecified atom stereocenters. The Bertz CT molecular complexity index is 863. The summed E-state index contributed by atoms with van der Waals surface area (Å²) in [5.41, 5.74) is 1.07. The van der Waals surface area contributed by atoms with Crippen molar-refractivity contribution in [3.05, 3.63) is 46.2 Å². The maximum Gasteiger partial charge on any atom is 0.234 e. The third-order valence-electron chi connectivity index (χ3n) is 6.20.